The highest BCUT2D eigenvalue weighted by atomic mass is 16.5. The molecule has 0 radical (unpaired) electrons. The minimum atomic E-state index is -0.457. The molecule has 0 atom stereocenters. The van der Waals surface area contributed by atoms with Gasteiger partial charge in [-0.15, -0.1) is 0 Å². The van der Waals surface area contributed by atoms with E-state index in [4.69, 9.17) is 4.74 Å². The smallest absolute Gasteiger partial charge is 0.313 e. The van der Waals surface area contributed by atoms with Crippen molar-refractivity contribution in [3.63, 3.8) is 0 Å². The molecular weight excluding hydrogens is 328 g/mol. The first kappa shape index (κ1) is 18.1. The lowest BCUT2D eigenvalue weighted by Crippen LogP contribution is -2.48. The molecule has 1 heterocycles. The van der Waals surface area contributed by atoms with E-state index in [1.165, 1.54) is 5.69 Å². The van der Waals surface area contributed by atoms with Crippen LogP contribution in [0.25, 0.3) is 0 Å². The van der Waals surface area contributed by atoms with E-state index in [9.17, 15) is 9.59 Å². The third-order valence-electron chi connectivity index (χ3n) is 4.48. The quantitative estimate of drug-likeness (QED) is 0.566. The fraction of sp³-hybridized carbons (Fsp3) is 0.333. The Morgan fingerprint density at radius 2 is 1.46 bits per heavy atom. The number of hydrogen-bond donors (Lipinski definition) is 0. The van der Waals surface area contributed by atoms with Crippen LogP contribution in [-0.2, 0) is 20.9 Å². The lowest BCUT2D eigenvalue weighted by molar-refractivity contribution is -0.147. The van der Waals surface area contributed by atoms with E-state index in [0.717, 1.165) is 31.7 Å². The summed E-state index contributed by atoms with van der Waals surface area (Å²) in [5.74, 6) is -0.544. The maximum absolute atomic E-state index is 12.1. The second kappa shape index (κ2) is 9.15. The molecule has 1 fully saturated rings. The average molecular weight is 352 g/mol. The third-order valence-corrected chi connectivity index (χ3v) is 4.48. The molecule has 2 aromatic rings. The Morgan fingerprint density at radius 3 is 2.12 bits per heavy atom. The van der Waals surface area contributed by atoms with E-state index in [2.05, 4.69) is 21.9 Å². The Hall–Kier alpha value is -2.66. The fourth-order valence-electron chi connectivity index (χ4n) is 3.06. The van der Waals surface area contributed by atoms with Crippen LogP contribution in [0.3, 0.4) is 0 Å². The molecule has 1 aliphatic rings. The first-order chi connectivity index (χ1) is 12.7. The Labute approximate surface area is 154 Å². The number of Topliss-reactive ketones (excluding diaryl/α,β-unsaturated/α-hetero) is 1. The first-order valence-electron chi connectivity index (χ1n) is 8.94. The van der Waals surface area contributed by atoms with Crippen molar-refractivity contribution in [2.45, 2.75) is 13.0 Å². The van der Waals surface area contributed by atoms with Gasteiger partial charge in [0, 0.05) is 31.9 Å². The number of anilines is 1. The van der Waals surface area contributed by atoms with Crippen LogP contribution in [0.5, 0.6) is 0 Å². The van der Waals surface area contributed by atoms with Gasteiger partial charge in [-0.25, -0.2) is 0 Å². The van der Waals surface area contributed by atoms with Crippen LogP contribution in [0, 0.1) is 0 Å². The zero-order valence-corrected chi connectivity index (χ0v) is 14.8. The van der Waals surface area contributed by atoms with Crippen molar-refractivity contribution in [3.05, 3.63) is 66.2 Å². The number of rotatable bonds is 7. The van der Waals surface area contributed by atoms with Crippen LogP contribution in [0.4, 0.5) is 5.69 Å². The highest BCUT2D eigenvalue weighted by molar-refractivity contribution is 5.96. The summed E-state index contributed by atoms with van der Waals surface area (Å²) in [4.78, 5) is 28.4. The minimum Gasteiger partial charge on any atom is -0.460 e. The molecule has 136 valence electrons. The number of hydrogen-bond acceptors (Lipinski definition) is 5. The number of ketones is 1. The molecule has 0 aliphatic carbocycles. The molecule has 5 nitrogen and oxygen atoms in total. The van der Waals surface area contributed by atoms with Gasteiger partial charge < -0.3 is 9.64 Å². The predicted molar refractivity (Wildman–Crippen MR) is 101 cm³/mol. The molecule has 0 N–H and O–H groups in total. The number of ether oxygens (including phenoxy) is 1. The van der Waals surface area contributed by atoms with Crippen molar-refractivity contribution in [1.82, 2.24) is 4.90 Å². The van der Waals surface area contributed by atoms with Gasteiger partial charge in [-0.1, -0.05) is 48.5 Å². The average Bonchev–Trinajstić information content (AvgIpc) is 2.68. The van der Waals surface area contributed by atoms with Gasteiger partial charge in [-0.2, -0.15) is 0 Å². The Morgan fingerprint density at radius 1 is 0.846 bits per heavy atom. The standard InChI is InChI=1S/C21H24N2O3/c24-20(15-21(25)26-17-18-7-3-1-4-8-18)16-22-11-13-23(14-12-22)19-9-5-2-6-10-19/h1-10H,11-17H2. The summed E-state index contributed by atoms with van der Waals surface area (Å²) >= 11 is 0. The van der Waals surface area contributed by atoms with Gasteiger partial charge in [0.05, 0.1) is 6.54 Å². The van der Waals surface area contributed by atoms with Crippen molar-refractivity contribution in [1.29, 1.82) is 0 Å². The Kier molecular flexibility index (Phi) is 6.39. The van der Waals surface area contributed by atoms with Crippen molar-refractivity contribution in [3.8, 4) is 0 Å². The molecular formula is C21H24N2O3. The fourth-order valence-corrected chi connectivity index (χ4v) is 3.06. The lowest BCUT2D eigenvalue weighted by Gasteiger charge is -2.35. The van der Waals surface area contributed by atoms with E-state index in [1.807, 2.05) is 48.5 Å². The lowest BCUT2D eigenvalue weighted by atomic mass is 10.2. The zero-order valence-electron chi connectivity index (χ0n) is 14.8. The highest BCUT2D eigenvalue weighted by Gasteiger charge is 2.20. The largest absolute Gasteiger partial charge is 0.460 e. The van der Waals surface area contributed by atoms with Crippen LogP contribution < -0.4 is 4.90 Å². The molecule has 3 rings (SSSR count). The topological polar surface area (TPSA) is 49.9 Å². The van der Waals surface area contributed by atoms with E-state index >= 15 is 0 Å². The third kappa shape index (κ3) is 5.43. The van der Waals surface area contributed by atoms with Crippen LogP contribution in [0.2, 0.25) is 0 Å². The van der Waals surface area contributed by atoms with Crippen molar-refractivity contribution in [2.75, 3.05) is 37.6 Å². The highest BCUT2D eigenvalue weighted by Crippen LogP contribution is 2.15. The van der Waals surface area contributed by atoms with Gasteiger partial charge in [0.1, 0.15) is 13.0 Å². The van der Waals surface area contributed by atoms with Gasteiger partial charge >= 0.3 is 5.97 Å². The Balaban J connectivity index is 1.37. The molecule has 1 saturated heterocycles. The molecule has 0 unspecified atom stereocenters. The summed E-state index contributed by atoms with van der Waals surface area (Å²) in [5, 5.41) is 0. The van der Waals surface area contributed by atoms with Crippen LogP contribution in [0.15, 0.2) is 60.7 Å². The monoisotopic (exact) mass is 352 g/mol. The van der Waals surface area contributed by atoms with Crippen molar-refractivity contribution in [2.24, 2.45) is 0 Å². The van der Waals surface area contributed by atoms with Gasteiger partial charge in [0.2, 0.25) is 0 Å². The van der Waals surface area contributed by atoms with E-state index in [0.29, 0.717) is 6.54 Å². The molecule has 26 heavy (non-hydrogen) atoms. The SMILES string of the molecule is O=C(CC(=O)OCc1ccccc1)CN1CCN(c2ccccc2)CC1. The van der Waals surface area contributed by atoms with Gasteiger partial charge in [-0.05, 0) is 17.7 Å². The van der Waals surface area contributed by atoms with Gasteiger partial charge in [-0.3, -0.25) is 14.5 Å². The molecule has 2 aromatic carbocycles. The van der Waals surface area contributed by atoms with E-state index < -0.39 is 5.97 Å². The number of nitrogens with zero attached hydrogens (tertiary/aromatic N) is 2. The summed E-state index contributed by atoms with van der Waals surface area (Å²) in [6.07, 6.45) is -0.161. The molecule has 0 amide bonds. The Bertz CT molecular complexity index is 711. The number of piperazine rings is 1. The van der Waals surface area contributed by atoms with Crippen LogP contribution in [0.1, 0.15) is 12.0 Å². The summed E-state index contributed by atoms with van der Waals surface area (Å²) in [6.45, 7) is 3.93. The number of benzene rings is 2. The second-order valence-corrected chi connectivity index (χ2v) is 6.46. The van der Waals surface area contributed by atoms with Crippen LogP contribution >= 0.6 is 0 Å². The van der Waals surface area contributed by atoms with E-state index in [1.54, 1.807) is 0 Å². The van der Waals surface area contributed by atoms with Crippen molar-refractivity contribution >= 4 is 17.4 Å². The maximum atomic E-state index is 12.1. The molecule has 0 aromatic heterocycles. The molecule has 0 bridgehead atoms. The molecule has 1 aliphatic heterocycles. The second-order valence-electron chi connectivity index (χ2n) is 6.46. The van der Waals surface area contributed by atoms with Crippen LogP contribution in [-0.4, -0.2) is 49.4 Å². The van der Waals surface area contributed by atoms with Gasteiger partial charge in [0.15, 0.2) is 5.78 Å². The number of carbonyl (C=O) groups excluding carboxylic acids is 2. The molecule has 0 spiro atoms. The normalized spacial score (nSPS) is 14.8. The molecule has 0 saturated carbocycles. The summed E-state index contributed by atoms with van der Waals surface area (Å²) in [5.41, 5.74) is 2.13. The first-order valence-corrected chi connectivity index (χ1v) is 8.94. The summed E-state index contributed by atoms with van der Waals surface area (Å²) < 4.78 is 5.18. The maximum Gasteiger partial charge on any atom is 0.313 e. The predicted octanol–water partition coefficient (Wildman–Crippen LogP) is 2.51. The van der Waals surface area contributed by atoms with E-state index in [-0.39, 0.29) is 18.8 Å². The van der Waals surface area contributed by atoms with Gasteiger partial charge in [0.25, 0.3) is 0 Å². The summed E-state index contributed by atoms with van der Waals surface area (Å²) in [7, 11) is 0. The number of esters is 1. The number of carbonyl (C=O) groups is 2. The number of para-hydroxylation sites is 1. The zero-order chi connectivity index (χ0) is 18.2. The summed E-state index contributed by atoms with van der Waals surface area (Å²) in [6, 6.07) is 19.8. The van der Waals surface area contributed by atoms with Crippen molar-refractivity contribution < 1.29 is 14.3 Å². The molecule has 5 heteroatoms. The minimum absolute atomic E-state index is 0.0868.